The van der Waals surface area contributed by atoms with Crippen LogP contribution >= 0.6 is 15.9 Å². The fourth-order valence-corrected chi connectivity index (χ4v) is 4.54. The lowest BCUT2D eigenvalue weighted by molar-refractivity contribution is 0.198. The summed E-state index contributed by atoms with van der Waals surface area (Å²) < 4.78 is 1.15. The molecule has 2 aromatic rings. The first-order valence-corrected chi connectivity index (χ1v) is 9.44. The molecule has 23 heavy (non-hydrogen) atoms. The Kier molecular flexibility index (Phi) is 4.41. The maximum Gasteiger partial charge on any atom is 0.106 e. The van der Waals surface area contributed by atoms with E-state index in [1.165, 1.54) is 36.9 Å². The number of benzene rings is 2. The molecule has 1 N–H and O–H groups in total. The van der Waals surface area contributed by atoms with Gasteiger partial charge in [-0.2, -0.15) is 0 Å². The molecule has 0 amide bonds. The zero-order chi connectivity index (χ0) is 15.6. The van der Waals surface area contributed by atoms with E-state index in [0.29, 0.717) is 6.04 Å². The molecule has 0 spiro atoms. The van der Waals surface area contributed by atoms with Gasteiger partial charge in [0, 0.05) is 22.7 Å². The Labute approximate surface area is 147 Å². The van der Waals surface area contributed by atoms with Crippen molar-refractivity contribution in [1.29, 1.82) is 0 Å². The van der Waals surface area contributed by atoms with E-state index in [1.54, 1.807) is 0 Å². The predicted molar refractivity (Wildman–Crippen MR) is 99.6 cm³/mol. The van der Waals surface area contributed by atoms with Gasteiger partial charge in [0.25, 0.3) is 0 Å². The summed E-state index contributed by atoms with van der Waals surface area (Å²) in [5.74, 6) is 0.771. The van der Waals surface area contributed by atoms with E-state index in [2.05, 4.69) is 80.7 Å². The van der Waals surface area contributed by atoms with Crippen LogP contribution in [0.4, 0.5) is 5.69 Å². The Bertz CT molecular complexity index is 658. The summed E-state index contributed by atoms with van der Waals surface area (Å²) in [5, 5.41) is 3.95. The summed E-state index contributed by atoms with van der Waals surface area (Å²) in [6, 6.07) is 20.2. The predicted octanol–water partition coefficient (Wildman–Crippen LogP) is 5.12. The van der Waals surface area contributed by atoms with Crippen molar-refractivity contribution >= 4 is 21.6 Å². The molecule has 1 saturated carbocycles. The standard InChI is InChI=1S/C20H23BrN2/c21-17-9-6-8-15(13-17)20-22-19-12-5-4-7-16(19)14-23(20)18-10-2-1-3-11-18/h1-3,6,8-11,13,16,19-20,22H,4-5,7,12,14H2/t16-,19-,20-/m1/s1. The topological polar surface area (TPSA) is 15.3 Å². The monoisotopic (exact) mass is 370 g/mol. The van der Waals surface area contributed by atoms with Crippen molar-refractivity contribution in [3.05, 3.63) is 64.6 Å². The van der Waals surface area contributed by atoms with Crippen molar-refractivity contribution < 1.29 is 0 Å². The molecule has 0 bridgehead atoms. The minimum absolute atomic E-state index is 0.259. The minimum Gasteiger partial charge on any atom is -0.352 e. The maximum absolute atomic E-state index is 3.95. The highest BCUT2D eigenvalue weighted by molar-refractivity contribution is 9.10. The zero-order valence-corrected chi connectivity index (χ0v) is 14.9. The van der Waals surface area contributed by atoms with E-state index in [1.807, 2.05) is 0 Å². The summed E-state index contributed by atoms with van der Waals surface area (Å²) >= 11 is 3.63. The average molecular weight is 371 g/mol. The van der Waals surface area contributed by atoms with Crippen molar-refractivity contribution in [3.8, 4) is 0 Å². The molecule has 1 heterocycles. The lowest BCUT2D eigenvalue weighted by atomic mass is 9.81. The summed E-state index contributed by atoms with van der Waals surface area (Å²) in [6.45, 7) is 1.15. The average Bonchev–Trinajstić information content (AvgIpc) is 2.61. The van der Waals surface area contributed by atoms with Gasteiger partial charge in [0.05, 0.1) is 0 Å². The van der Waals surface area contributed by atoms with E-state index in [-0.39, 0.29) is 6.17 Å². The zero-order valence-electron chi connectivity index (χ0n) is 13.3. The molecule has 1 aliphatic heterocycles. The quantitative estimate of drug-likeness (QED) is 0.789. The van der Waals surface area contributed by atoms with Gasteiger partial charge in [-0.15, -0.1) is 0 Å². The number of nitrogens with one attached hydrogen (secondary N) is 1. The van der Waals surface area contributed by atoms with E-state index in [0.717, 1.165) is 16.9 Å². The van der Waals surface area contributed by atoms with E-state index in [9.17, 15) is 0 Å². The van der Waals surface area contributed by atoms with Gasteiger partial charge in [0.15, 0.2) is 0 Å². The van der Waals surface area contributed by atoms with Crippen LogP contribution < -0.4 is 10.2 Å². The highest BCUT2D eigenvalue weighted by Crippen LogP contribution is 2.37. The fourth-order valence-electron chi connectivity index (χ4n) is 4.12. The number of halogens is 1. The lowest BCUT2D eigenvalue weighted by Gasteiger charge is -2.48. The van der Waals surface area contributed by atoms with Crippen LogP contribution in [0, 0.1) is 5.92 Å². The molecule has 1 saturated heterocycles. The van der Waals surface area contributed by atoms with Crippen molar-refractivity contribution in [2.24, 2.45) is 5.92 Å². The number of nitrogens with zero attached hydrogens (tertiary/aromatic N) is 1. The van der Waals surface area contributed by atoms with Crippen LogP contribution in [-0.4, -0.2) is 12.6 Å². The normalized spacial score (nSPS) is 27.5. The second-order valence-corrected chi connectivity index (χ2v) is 7.68. The van der Waals surface area contributed by atoms with Gasteiger partial charge in [-0.05, 0) is 48.6 Å². The van der Waals surface area contributed by atoms with Crippen molar-refractivity contribution in [1.82, 2.24) is 5.32 Å². The number of hydrogen-bond donors (Lipinski definition) is 1. The minimum atomic E-state index is 0.259. The molecule has 120 valence electrons. The first-order chi connectivity index (χ1) is 11.3. The van der Waals surface area contributed by atoms with Gasteiger partial charge in [-0.25, -0.2) is 0 Å². The van der Waals surface area contributed by atoms with E-state index >= 15 is 0 Å². The van der Waals surface area contributed by atoms with Crippen molar-refractivity contribution in [2.45, 2.75) is 37.9 Å². The number of anilines is 1. The van der Waals surface area contributed by atoms with Crippen LogP contribution in [0.15, 0.2) is 59.1 Å². The largest absolute Gasteiger partial charge is 0.352 e. The summed E-state index contributed by atoms with van der Waals surface area (Å²) in [5.41, 5.74) is 2.65. The Morgan fingerprint density at radius 2 is 1.78 bits per heavy atom. The Balaban J connectivity index is 1.70. The summed E-state index contributed by atoms with van der Waals surface area (Å²) in [6.07, 6.45) is 5.68. The Morgan fingerprint density at radius 3 is 2.61 bits per heavy atom. The van der Waals surface area contributed by atoms with Crippen molar-refractivity contribution in [3.63, 3.8) is 0 Å². The molecule has 1 aliphatic carbocycles. The molecule has 3 atom stereocenters. The van der Waals surface area contributed by atoms with E-state index in [4.69, 9.17) is 0 Å². The molecule has 0 radical (unpaired) electrons. The first-order valence-electron chi connectivity index (χ1n) is 8.64. The fraction of sp³-hybridized carbons (Fsp3) is 0.400. The molecule has 0 aromatic heterocycles. The summed E-state index contributed by atoms with van der Waals surface area (Å²) in [7, 11) is 0. The van der Waals surface area contributed by atoms with Crippen LogP contribution in [0.3, 0.4) is 0 Å². The van der Waals surface area contributed by atoms with Crippen LogP contribution in [0.25, 0.3) is 0 Å². The molecular weight excluding hydrogens is 348 g/mol. The molecule has 2 fully saturated rings. The van der Waals surface area contributed by atoms with Gasteiger partial charge in [0.1, 0.15) is 6.17 Å². The third-order valence-electron chi connectivity index (χ3n) is 5.28. The van der Waals surface area contributed by atoms with Gasteiger partial charge in [0.2, 0.25) is 0 Å². The molecule has 2 nitrogen and oxygen atoms in total. The molecule has 3 heteroatoms. The van der Waals surface area contributed by atoms with Crippen LogP contribution in [0.5, 0.6) is 0 Å². The third-order valence-corrected chi connectivity index (χ3v) is 5.77. The Hall–Kier alpha value is -1.32. The first kappa shape index (κ1) is 15.2. The number of fused-ring (bicyclic) bond motifs is 1. The lowest BCUT2D eigenvalue weighted by Crippen LogP contribution is -2.56. The second-order valence-electron chi connectivity index (χ2n) is 6.76. The number of para-hydroxylation sites is 1. The highest BCUT2D eigenvalue weighted by atomic mass is 79.9. The molecular formula is C20H23BrN2. The van der Waals surface area contributed by atoms with Gasteiger partial charge in [-0.3, -0.25) is 5.32 Å². The maximum atomic E-state index is 3.95. The van der Waals surface area contributed by atoms with Crippen LogP contribution in [-0.2, 0) is 0 Å². The van der Waals surface area contributed by atoms with Gasteiger partial charge in [-0.1, -0.05) is 59.1 Å². The van der Waals surface area contributed by atoms with Gasteiger partial charge < -0.3 is 4.90 Å². The van der Waals surface area contributed by atoms with E-state index < -0.39 is 0 Å². The van der Waals surface area contributed by atoms with Crippen molar-refractivity contribution in [2.75, 3.05) is 11.4 Å². The molecule has 2 aliphatic rings. The van der Waals surface area contributed by atoms with Gasteiger partial charge >= 0.3 is 0 Å². The van der Waals surface area contributed by atoms with Crippen LogP contribution in [0.2, 0.25) is 0 Å². The molecule has 4 rings (SSSR count). The Morgan fingerprint density at radius 1 is 0.957 bits per heavy atom. The molecule has 0 unspecified atom stereocenters. The number of hydrogen-bond acceptors (Lipinski definition) is 2. The van der Waals surface area contributed by atoms with Crippen LogP contribution in [0.1, 0.15) is 37.4 Å². The highest BCUT2D eigenvalue weighted by Gasteiger charge is 2.36. The SMILES string of the molecule is Brc1cccc([C@@H]2N[C@@H]3CCCC[C@@H]3CN2c2ccccc2)c1. The third kappa shape index (κ3) is 3.17. The molecule has 2 aromatic carbocycles. The second kappa shape index (κ2) is 6.66. The number of rotatable bonds is 2. The summed E-state index contributed by atoms with van der Waals surface area (Å²) in [4.78, 5) is 2.55. The smallest absolute Gasteiger partial charge is 0.106 e.